The summed E-state index contributed by atoms with van der Waals surface area (Å²) in [5.74, 6) is 1.13. The zero-order valence-corrected chi connectivity index (χ0v) is 10.2. The van der Waals surface area contributed by atoms with E-state index in [-0.39, 0.29) is 5.91 Å². The summed E-state index contributed by atoms with van der Waals surface area (Å²) in [4.78, 5) is 23.9. The van der Waals surface area contributed by atoms with Crippen molar-refractivity contribution in [2.24, 2.45) is 5.41 Å². The molecule has 0 aliphatic carbocycles. The van der Waals surface area contributed by atoms with Crippen LogP contribution in [0.5, 0.6) is 0 Å². The molecule has 2 saturated heterocycles. The smallest absolute Gasteiger partial charge is 0.219 e. The Kier molecular flexibility index (Phi) is 2.11. The fraction of sp³-hybridized carbons (Fsp3) is 0.583. The highest BCUT2D eigenvalue weighted by molar-refractivity contribution is 5.74. The Morgan fingerprint density at radius 1 is 1.24 bits per heavy atom. The molecule has 0 saturated carbocycles. The molecule has 3 heterocycles. The summed E-state index contributed by atoms with van der Waals surface area (Å²) >= 11 is 0. The summed E-state index contributed by atoms with van der Waals surface area (Å²) in [5, 5.41) is 0. The first-order valence-corrected chi connectivity index (χ1v) is 5.87. The molecule has 90 valence electrons. The van der Waals surface area contributed by atoms with Crippen LogP contribution in [0, 0.1) is 12.3 Å². The van der Waals surface area contributed by atoms with Gasteiger partial charge in [0.1, 0.15) is 5.82 Å². The van der Waals surface area contributed by atoms with Gasteiger partial charge in [0.2, 0.25) is 5.91 Å². The standard InChI is InChI=1S/C12H16N4O/c1-9-3-14-11(4-13-9)16-7-12(8-16)5-15(6-12)10(2)17/h3-4H,5-8H2,1-2H3. The van der Waals surface area contributed by atoms with Gasteiger partial charge in [0.25, 0.3) is 0 Å². The number of likely N-dealkylation sites (tertiary alicyclic amines) is 1. The Bertz CT molecular complexity index is 442. The number of amides is 1. The molecular formula is C12H16N4O. The third-order valence-corrected chi connectivity index (χ3v) is 3.64. The van der Waals surface area contributed by atoms with Gasteiger partial charge in [-0.2, -0.15) is 0 Å². The fourth-order valence-electron chi connectivity index (χ4n) is 2.66. The van der Waals surface area contributed by atoms with Crippen LogP contribution >= 0.6 is 0 Å². The van der Waals surface area contributed by atoms with Crippen LogP contribution in [0.2, 0.25) is 0 Å². The second-order valence-electron chi connectivity index (χ2n) is 5.25. The molecule has 0 bridgehead atoms. The molecule has 0 aromatic carbocycles. The van der Waals surface area contributed by atoms with E-state index in [4.69, 9.17) is 0 Å². The molecule has 3 rings (SSSR count). The summed E-state index contributed by atoms with van der Waals surface area (Å²) in [6, 6.07) is 0. The third kappa shape index (κ3) is 1.66. The number of aryl methyl sites for hydroxylation is 1. The maximum Gasteiger partial charge on any atom is 0.219 e. The summed E-state index contributed by atoms with van der Waals surface area (Å²) in [6.45, 7) is 7.36. The van der Waals surface area contributed by atoms with Gasteiger partial charge in [0.05, 0.1) is 18.1 Å². The van der Waals surface area contributed by atoms with Crippen molar-refractivity contribution in [1.29, 1.82) is 0 Å². The number of hydrogen-bond donors (Lipinski definition) is 0. The second-order valence-corrected chi connectivity index (χ2v) is 5.25. The minimum absolute atomic E-state index is 0.184. The van der Waals surface area contributed by atoms with Crippen molar-refractivity contribution >= 4 is 11.7 Å². The van der Waals surface area contributed by atoms with Gasteiger partial charge in [-0.1, -0.05) is 0 Å². The molecule has 1 spiro atoms. The molecule has 0 N–H and O–H groups in total. The highest BCUT2D eigenvalue weighted by Crippen LogP contribution is 2.40. The SMILES string of the molecule is CC(=O)N1CC2(C1)CN(c1cnc(C)cn1)C2. The predicted octanol–water partition coefficient (Wildman–Crippen LogP) is 0.454. The first kappa shape index (κ1) is 10.5. The van der Waals surface area contributed by atoms with E-state index in [0.717, 1.165) is 37.7 Å². The van der Waals surface area contributed by atoms with Crippen molar-refractivity contribution in [3.63, 3.8) is 0 Å². The zero-order valence-electron chi connectivity index (χ0n) is 10.2. The summed E-state index contributed by atoms with van der Waals surface area (Å²) < 4.78 is 0. The summed E-state index contributed by atoms with van der Waals surface area (Å²) in [7, 11) is 0. The van der Waals surface area contributed by atoms with Crippen molar-refractivity contribution in [2.45, 2.75) is 13.8 Å². The minimum atomic E-state index is 0.184. The average molecular weight is 232 g/mol. The van der Waals surface area contributed by atoms with Crippen LogP contribution in [-0.2, 0) is 4.79 Å². The highest BCUT2D eigenvalue weighted by atomic mass is 16.2. The minimum Gasteiger partial charge on any atom is -0.354 e. The number of carbonyl (C=O) groups excluding carboxylic acids is 1. The highest BCUT2D eigenvalue weighted by Gasteiger charge is 2.52. The normalized spacial score (nSPS) is 21.1. The van der Waals surface area contributed by atoms with Crippen LogP contribution in [0.25, 0.3) is 0 Å². The second kappa shape index (κ2) is 3.42. The molecule has 2 aliphatic heterocycles. The Morgan fingerprint density at radius 3 is 2.47 bits per heavy atom. The van der Waals surface area contributed by atoms with Crippen molar-refractivity contribution in [1.82, 2.24) is 14.9 Å². The van der Waals surface area contributed by atoms with Crippen LogP contribution in [0.1, 0.15) is 12.6 Å². The Hall–Kier alpha value is -1.65. The molecule has 5 heteroatoms. The number of nitrogens with zero attached hydrogens (tertiary/aromatic N) is 4. The zero-order chi connectivity index (χ0) is 12.0. The van der Waals surface area contributed by atoms with Crippen LogP contribution in [0.4, 0.5) is 5.82 Å². The van der Waals surface area contributed by atoms with Crippen molar-refractivity contribution in [2.75, 3.05) is 31.1 Å². The quantitative estimate of drug-likeness (QED) is 0.705. The number of aromatic nitrogens is 2. The number of carbonyl (C=O) groups is 1. The Balaban J connectivity index is 1.59. The lowest BCUT2D eigenvalue weighted by Crippen LogP contribution is -2.73. The first-order valence-electron chi connectivity index (χ1n) is 5.87. The average Bonchev–Trinajstić information content (AvgIpc) is 2.15. The summed E-state index contributed by atoms with van der Waals surface area (Å²) in [6.07, 6.45) is 3.62. The molecule has 5 nitrogen and oxygen atoms in total. The molecule has 2 aliphatic rings. The van der Waals surface area contributed by atoms with E-state index in [0.29, 0.717) is 5.41 Å². The van der Waals surface area contributed by atoms with E-state index in [9.17, 15) is 4.79 Å². The Morgan fingerprint density at radius 2 is 1.94 bits per heavy atom. The molecule has 0 unspecified atom stereocenters. The number of rotatable bonds is 1. The molecule has 0 radical (unpaired) electrons. The van der Waals surface area contributed by atoms with Gasteiger partial charge < -0.3 is 9.80 Å². The first-order chi connectivity index (χ1) is 8.08. The van der Waals surface area contributed by atoms with E-state index in [1.54, 1.807) is 13.1 Å². The van der Waals surface area contributed by atoms with Crippen LogP contribution in [0.15, 0.2) is 12.4 Å². The van der Waals surface area contributed by atoms with E-state index in [1.807, 2.05) is 18.0 Å². The summed E-state index contributed by atoms with van der Waals surface area (Å²) in [5.41, 5.74) is 1.27. The van der Waals surface area contributed by atoms with Crippen molar-refractivity contribution < 1.29 is 4.79 Å². The lowest BCUT2D eigenvalue weighted by Gasteiger charge is -2.60. The van der Waals surface area contributed by atoms with Crippen LogP contribution in [0.3, 0.4) is 0 Å². The largest absolute Gasteiger partial charge is 0.354 e. The molecule has 17 heavy (non-hydrogen) atoms. The van der Waals surface area contributed by atoms with Crippen LogP contribution in [-0.4, -0.2) is 47.0 Å². The van der Waals surface area contributed by atoms with Gasteiger partial charge in [0, 0.05) is 38.5 Å². The Labute approximate surface area is 100 Å². The van der Waals surface area contributed by atoms with Gasteiger partial charge in [-0.3, -0.25) is 9.78 Å². The molecule has 1 amide bonds. The number of hydrogen-bond acceptors (Lipinski definition) is 4. The van der Waals surface area contributed by atoms with Crippen LogP contribution < -0.4 is 4.90 Å². The lowest BCUT2D eigenvalue weighted by molar-refractivity contribution is -0.142. The topological polar surface area (TPSA) is 49.3 Å². The van der Waals surface area contributed by atoms with E-state index >= 15 is 0 Å². The molecule has 1 aromatic rings. The lowest BCUT2D eigenvalue weighted by atomic mass is 9.73. The van der Waals surface area contributed by atoms with Crippen molar-refractivity contribution in [3.8, 4) is 0 Å². The van der Waals surface area contributed by atoms with E-state index < -0.39 is 0 Å². The fourth-order valence-corrected chi connectivity index (χ4v) is 2.66. The maximum atomic E-state index is 11.1. The van der Waals surface area contributed by atoms with Gasteiger partial charge in [0.15, 0.2) is 0 Å². The third-order valence-electron chi connectivity index (χ3n) is 3.64. The molecule has 0 atom stereocenters. The van der Waals surface area contributed by atoms with Gasteiger partial charge in [-0.15, -0.1) is 0 Å². The molecule has 2 fully saturated rings. The van der Waals surface area contributed by atoms with Gasteiger partial charge in [-0.25, -0.2) is 4.98 Å². The van der Waals surface area contributed by atoms with E-state index in [2.05, 4.69) is 14.9 Å². The predicted molar refractivity (Wildman–Crippen MR) is 63.7 cm³/mol. The monoisotopic (exact) mass is 232 g/mol. The maximum absolute atomic E-state index is 11.1. The van der Waals surface area contributed by atoms with E-state index in [1.165, 1.54) is 0 Å². The van der Waals surface area contributed by atoms with Crippen molar-refractivity contribution in [3.05, 3.63) is 18.1 Å². The van der Waals surface area contributed by atoms with Gasteiger partial charge in [-0.05, 0) is 6.92 Å². The van der Waals surface area contributed by atoms with Gasteiger partial charge >= 0.3 is 0 Å². The number of anilines is 1. The molecule has 1 aromatic heterocycles. The molecular weight excluding hydrogens is 216 g/mol.